The molecule has 0 aromatic heterocycles. The van der Waals surface area contributed by atoms with Gasteiger partial charge in [0.15, 0.2) is 25.2 Å². The first-order chi connectivity index (χ1) is 29.5. The Balaban J connectivity index is 1.62. The van der Waals surface area contributed by atoms with Gasteiger partial charge in [0, 0.05) is 6.92 Å². The molecule has 0 saturated carbocycles. The average Bonchev–Trinajstić information content (AvgIpc) is 3.24. The van der Waals surface area contributed by atoms with Crippen molar-refractivity contribution >= 4 is 16.3 Å². The molecule has 24 atom stereocenters. The van der Waals surface area contributed by atoms with Gasteiger partial charge < -0.3 is 125 Å². The van der Waals surface area contributed by atoms with E-state index in [-0.39, 0.29) is 0 Å². The van der Waals surface area contributed by atoms with Crippen molar-refractivity contribution in [3.63, 3.8) is 0 Å². The molecule has 30 nitrogen and oxygen atoms in total. The number of aliphatic hydroxyl groups excluding tert-OH is 16. The molecule has 0 spiro atoms. The maximum absolute atomic E-state index is 12.3. The highest BCUT2D eigenvalue weighted by atomic mass is 32.3. The van der Waals surface area contributed by atoms with Crippen LogP contribution in [-0.4, -0.2) is 287 Å². The minimum absolute atomic E-state index is 0.855. The minimum atomic E-state index is -5.35. The summed E-state index contributed by atoms with van der Waals surface area (Å²) in [4.78, 5) is 12.3. The first-order valence-corrected chi connectivity index (χ1v) is 20.6. The standard InChI is InChI=1S/C32H57NO29S/c1-8(39)33-15-20(46)26(60-32-24(50)28(62-63(51,52)53)18(44)12(5-37)56-32)13(6-38)57-29(15)54-7-14-19(45)27(61-30-22(48)21(47)17(43)11(4-36)55-30)23(49)31(58-14)59-25(10(41)3-35)16(42)9(40)2-34/h9-32,34-38,40-50H,2-7H2,1H3,(H,33,39)(H,51,52,53)/t9-,10+,11+,12+,13+,14+,15+,16+,17-,18-,19-,20+,21-,22+,23+,24+,25+,26+,27-,28-,29+,30-,31-,32-/m0/s1. The molecule has 0 aromatic carbocycles. The highest BCUT2D eigenvalue weighted by Crippen LogP contribution is 2.34. The van der Waals surface area contributed by atoms with Gasteiger partial charge in [0.25, 0.3) is 0 Å². The zero-order chi connectivity index (χ0) is 47.2. The molecule has 370 valence electrons. The predicted molar refractivity (Wildman–Crippen MR) is 191 cm³/mol. The van der Waals surface area contributed by atoms with Gasteiger partial charge in [-0.15, -0.1) is 0 Å². The molecule has 4 heterocycles. The molecule has 0 radical (unpaired) electrons. The van der Waals surface area contributed by atoms with Crippen LogP contribution in [0.1, 0.15) is 6.92 Å². The summed E-state index contributed by atoms with van der Waals surface area (Å²) in [5.41, 5.74) is 0. The van der Waals surface area contributed by atoms with Crippen LogP contribution in [0.15, 0.2) is 0 Å². The molecule has 4 rings (SSSR count). The molecule has 4 fully saturated rings. The van der Waals surface area contributed by atoms with Crippen molar-refractivity contribution < 1.29 is 142 Å². The second kappa shape index (κ2) is 23.4. The molecular weight excluding hydrogens is 894 g/mol. The van der Waals surface area contributed by atoms with Gasteiger partial charge >= 0.3 is 10.4 Å². The van der Waals surface area contributed by atoms with Crippen LogP contribution in [0.25, 0.3) is 0 Å². The molecule has 0 bridgehead atoms. The number of hydrogen-bond donors (Lipinski definition) is 18. The second-order valence-corrected chi connectivity index (χ2v) is 16.0. The van der Waals surface area contributed by atoms with Gasteiger partial charge in [0.1, 0.15) is 122 Å². The molecule has 18 N–H and O–H groups in total. The van der Waals surface area contributed by atoms with E-state index >= 15 is 0 Å². The molecule has 4 aliphatic heterocycles. The zero-order valence-corrected chi connectivity index (χ0v) is 33.8. The van der Waals surface area contributed by atoms with E-state index in [1.54, 1.807) is 0 Å². The molecule has 0 aromatic rings. The average molecular weight is 952 g/mol. The summed E-state index contributed by atoms with van der Waals surface area (Å²) >= 11 is 0. The van der Waals surface area contributed by atoms with Gasteiger partial charge in [0.2, 0.25) is 5.91 Å². The van der Waals surface area contributed by atoms with Crippen LogP contribution in [0.2, 0.25) is 0 Å². The van der Waals surface area contributed by atoms with Crippen LogP contribution in [0.5, 0.6) is 0 Å². The lowest BCUT2D eigenvalue weighted by Gasteiger charge is -2.48. The zero-order valence-electron chi connectivity index (χ0n) is 33.0. The summed E-state index contributed by atoms with van der Waals surface area (Å²) < 4.78 is 81.0. The summed E-state index contributed by atoms with van der Waals surface area (Å²) in [6, 6.07) is -1.74. The largest absolute Gasteiger partial charge is 0.397 e. The Hall–Kier alpha value is -1.62. The van der Waals surface area contributed by atoms with Gasteiger partial charge in [-0.2, -0.15) is 8.42 Å². The molecule has 4 saturated heterocycles. The van der Waals surface area contributed by atoms with Gasteiger partial charge in [-0.05, 0) is 0 Å². The Morgan fingerprint density at radius 2 is 1.08 bits per heavy atom. The van der Waals surface area contributed by atoms with Crippen LogP contribution in [0.3, 0.4) is 0 Å². The van der Waals surface area contributed by atoms with Gasteiger partial charge in [-0.25, -0.2) is 4.18 Å². The minimum Gasteiger partial charge on any atom is -0.394 e. The van der Waals surface area contributed by atoms with Crippen LogP contribution >= 0.6 is 0 Å². The predicted octanol–water partition coefficient (Wildman–Crippen LogP) is -12.3. The lowest BCUT2D eigenvalue weighted by Crippen LogP contribution is -2.68. The van der Waals surface area contributed by atoms with Crippen molar-refractivity contribution in [3.05, 3.63) is 0 Å². The van der Waals surface area contributed by atoms with E-state index in [0.717, 1.165) is 6.92 Å². The highest BCUT2D eigenvalue weighted by Gasteiger charge is 2.55. The third-order valence-corrected chi connectivity index (χ3v) is 11.0. The first kappa shape index (κ1) is 54.0. The third kappa shape index (κ3) is 12.9. The second-order valence-electron chi connectivity index (χ2n) is 15.0. The Morgan fingerprint density at radius 1 is 0.587 bits per heavy atom. The number of ether oxygens (including phenoxy) is 8. The fourth-order valence-corrected chi connectivity index (χ4v) is 7.67. The van der Waals surface area contributed by atoms with E-state index in [4.69, 9.17) is 37.9 Å². The summed E-state index contributed by atoms with van der Waals surface area (Å²) in [7, 11) is -5.35. The lowest BCUT2D eigenvalue weighted by atomic mass is 9.95. The van der Waals surface area contributed by atoms with E-state index in [1.807, 2.05) is 0 Å². The smallest absolute Gasteiger partial charge is 0.394 e. The summed E-state index contributed by atoms with van der Waals surface area (Å²) in [6.07, 6.45) is -46.3. The van der Waals surface area contributed by atoms with Crippen LogP contribution < -0.4 is 5.32 Å². The molecule has 1 amide bonds. The SMILES string of the molecule is CC(=O)N[C@H]1[C@H](OC[C@H]2O[C@@H](O[C@@H]([C@H](O)[C@@H](O)CO)[C@H](O)CO)[C@H](O)[C@@H](O[C@@H]3O[C@H](CO)[C@H](O)[C@H](O)[C@H]3O)[C@H]2O)O[C@H](CO)[C@@H](O[C@@H]2O[C@H](CO)[C@H](O)[C@H](OS(=O)(=O)O)[C@H]2O)[C@@H]1O. The summed E-state index contributed by atoms with van der Waals surface area (Å²) in [6.45, 7) is -5.22. The Morgan fingerprint density at radius 3 is 1.62 bits per heavy atom. The van der Waals surface area contributed by atoms with Crippen LogP contribution in [0, 0.1) is 0 Å². The van der Waals surface area contributed by atoms with Crippen molar-refractivity contribution in [1.82, 2.24) is 5.32 Å². The Bertz CT molecular complexity index is 1520. The highest BCUT2D eigenvalue weighted by molar-refractivity contribution is 7.80. The molecule has 63 heavy (non-hydrogen) atoms. The van der Waals surface area contributed by atoms with E-state index in [1.165, 1.54) is 0 Å². The van der Waals surface area contributed by atoms with Crippen LogP contribution in [0.4, 0.5) is 0 Å². The van der Waals surface area contributed by atoms with Gasteiger partial charge in [-0.3, -0.25) is 9.35 Å². The van der Waals surface area contributed by atoms with Gasteiger partial charge in [0.05, 0.1) is 39.6 Å². The normalized spacial score (nSPS) is 43.5. The van der Waals surface area contributed by atoms with E-state index < -0.39 is 203 Å². The maximum Gasteiger partial charge on any atom is 0.397 e. The number of nitrogens with one attached hydrogen (secondary N) is 1. The maximum atomic E-state index is 12.3. The molecule has 0 unspecified atom stereocenters. The monoisotopic (exact) mass is 951 g/mol. The Labute approximate surface area is 356 Å². The fraction of sp³-hybridized carbons (Fsp3) is 0.969. The van der Waals surface area contributed by atoms with E-state index in [2.05, 4.69) is 9.50 Å². The van der Waals surface area contributed by atoms with Crippen LogP contribution in [-0.2, 0) is 57.3 Å². The van der Waals surface area contributed by atoms with E-state index in [9.17, 15) is 99.5 Å². The van der Waals surface area contributed by atoms with Crippen molar-refractivity contribution in [3.8, 4) is 0 Å². The number of amides is 1. The van der Waals surface area contributed by atoms with Gasteiger partial charge in [-0.1, -0.05) is 0 Å². The molecule has 4 aliphatic rings. The van der Waals surface area contributed by atoms with E-state index in [0.29, 0.717) is 0 Å². The number of hydrogen-bond acceptors (Lipinski definition) is 28. The molecule has 31 heteroatoms. The summed E-state index contributed by atoms with van der Waals surface area (Å²) in [5.74, 6) is -0.855. The topological polar surface area (TPSA) is 490 Å². The molecular formula is C32H57NO29S. The first-order valence-electron chi connectivity index (χ1n) is 19.2. The number of carbonyl (C=O) groups is 1. The Kier molecular flexibility index (Phi) is 20.1. The number of carbonyl (C=O) groups excluding carboxylic acids is 1. The van der Waals surface area contributed by atoms with Crippen molar-refractivity contribution in [1.29, 1.82) is 0 Å². The molecule has 0 aliphatic carbocycles. The lowest BCUT2D eigenvalue weighted by molar-refractivity contribution is -0.375. The third-order valence-electron chi connectivity index (χ3n) is 10.6. The summed E-state index contributed by atoms with van der Waals surface area (Å²) in [5, 5.41) is 169. The number of rotatable bonds is 20. The van der Waals surface area contributed by atoms with Crippen molar-refractivity contribution in [2.24, 2.45) is 0 Å². The quantitative estimate of drug-likeness (QED) is 0.0504. The fourth-order valence-electron chi connectivity index (χ4n) is 7.16. The van der Waals surface area contributed by atoms with Crippen molar-refractivity contribution in [2.45, 2.75) is 154 Å². The van der Waals surface area contributed by atoms with Crippen molar-refractivity contribution in [2.75, 3.05) is 39.6 Å². The number of aliphatic hydroxyl groups is 16.